The van der Waals surface area contributed by atoms with E-state index in [1.54, 1.807) is 25.4 Å². The van der Waals surface area contributed by atoms with Crippen LogP contribution in [-0.2, 0) is 14.3 Å². The number of methoxy groups -OCH3 is 1. The van der Waals surface area contributed by atoms with Crippen LogP contribution in [0, 0.1) is 0 Å². The summed E-state index contributed by atoms with van der Waals surface area (Å²) in [7, 11) is 1.65. The van der Waals surface area contributed by atoms with Crippen LogP contribution in [0.1, 0.15) is 37.1 Å². The van der Waals surface area contributed by atoms with Gasteiger partial charge < -0.3 is 9.47 Å². The molecular formula is C20H25N3O4S. The number of carbonyl (C=O) groups excluding carboxylic acids is 2. The molecule has 0 unspecified atom stereocenters. The van der Waals surface area contributed by atoms with Gasteiger partial charge in [-0.05, 0) is 45.0 Å². The highest BCUT2D eigenvalue weighted by Crippen LogP contribution is 2.36. The Kier molecular flexibility index (Phi) is 7.11. The lowest BCUT2D eigenvalue weighted by atomic mass is 9.97. The minimum absolute atomic E-state index is 0.0914. The van der Waals surface area contributed by atoms with Crippen LogP contribution in [0.3, 0.4) is 0 Å². The lowest BCUT2D eigenvalue weighted by Gasteiger charge is -2.30. The van der Waals surface area contributed by atoms with E-state index in [4.69, 9.17) is 9.47 Å². The zero-order valence-corrected chi connectivity index (χ0v) is 17.0. The third-order valence-electron chi connectivity index (χ3n) is 4.76. The number of rotatable bonds is 8. The van der Waals surface area contributed by atoms with Gasteiger partial charge in [-0.2, -0.15) is 0 Å². The van der Waals surface area contributed by atoms with Gasteiger partial charge in [0.15, 0.2) is 10.8 Å². The molecule has 0 amide bonds. The first-order valence-corrected chi connectivity index (χ1v) is 10.3. The normalized spacial score (nSPS) is 15.4. The van der Waals surface area contributed by atoms with E-state index in [2.05, 4.69) is 15.1 Å². The van der Waals surface area contributed by atoms with E-state index < -0.39 is 5.97 Å². The second-order valence-corrected chi connectivity index (χ2v) is 7.73. The maximum absolute atomic E-state index is 12.0. The van der Waals surface area contributed by atoms with E-state index in [0.29, 0.717) is 19.1 Å². The highest BCUT2D eigenvalue weighted by molar-refractivity contribution is 7.14. The fraction of sp³-hybridized carbons (Fsp3) is 0.500. The van der Waals surface area contributed by atoms with Gasteiger partial charge in [-0.15, -0.1) is 10.2 Å². The SMILES string of the molecule is CCOC(=O)CC(=O)CN1CCC(c2nnc(-c3ccccc3OC)s2)CC1. The Hall–Kier alpha value is -2.32. The number of likely N-dealkylation sites (tertiary alicyclic amines) is 1. The molecule has 0 aliphatic carbocycles. The maximum Gasteiger partial charge on any atom is 0.313 e. The van der Waals surface area contributed by atoms with Crippen molar-refractivity contribution in [2.45, 2.75) is 32.1 Å². The first kappa shape index (κ1) is 20.4. The summed E-state index contributed by atoms with van der Waals surface area (Å²) in [6, 6.07) is 7.80. The van der Waals surface area contributed by atoms with Crippen molar-refractivity contribution < 1.29 is 19.1 Å². The summed E-state index contributed by atoms with van der Waals surface area (Å²) in [6.45, 7) is 3.95. The fourth-order valence-electron chi connectivity index (χ4n) is 3.35. The highest BCUT2D eigenvalue weighted by atomic mass is 32.1. The van der Waals surface area contributed by atoms with Crippen LogP contribution in [0.5, 0.6) is 5.75 Å². The number of nitrogens with zero attached hydrogens (tertiary/aromatic N) is 3. The molecule has 28 heavy (non-hydrogen) atoms. The molecule has 1 aliphatic rings. The first-order valence-electron chi connectivity index (χ1n) is 9.47. The summed E-state index contributed by atoms with van der Waals surface area (Å²) < 4.78 is 10.2. The summed E-state index contributed by atoms with van der Waals surface area (Å²) in [4.78, 5) is 25.5. The van der Waals surface area contributed by atoms with Gasteiger partial charge in [-0.25, -0.2) is 0 Å². The van der Waals surface area contributed by atoms with E-state index in [-0.39, 0.29) is 12.2 Å². The smallest absolute Gasteiger partial charge is 0.313 e. The van der Waals surface area contributed by atoms with Gasteiger partial charge >= 0.3 is 5.97 Å². The average Bonchev–Trinajstić information content (AvgIpc) is 3.18. The summed E-state index contributed by atoms with van der Waals surface area (Å²) in [5, 5.41) is 10.6. The number of para-hydroxylation sites is 1. The number of esters is 1. The zero-order chi connectivity index (χ0) is 19.9. The first-order chi connectivity index (χ1) is 13.6. The zero-order valence-electron chi connectivity index (χ0n) is 16.2. The summed E-state index contributed by atoms with van der Waals surface area (Å²) in [5.41, 5.74) is 0.954. The molecule has 8 heteroatoms. The van der Waals surface area contributed by atoms with Crippen LogP contribution in [0.2, 0.25) is 0 Å². The molecule has 2 heterocycles. The van der Waals surface area contributed by atoms with Crippen molar-refractivity contribution in [3.63, 3.8) is 0 Å². The van der Waals surface area contributed by atoms with Gasteiger partial charge in [0.2, 0.25) is 0 Å². The second-order valence-electron chi connectivity index (χ2n) is 6.72. The molecule has 0 saturated carbocycles. The van der Waals surface area contributed by atoms with E-state index in [1.165, 1.54) is 0 Å². The lowest BCUT2D eigenvalue weighted by molar-refractivity contribution is -0.145. The third-order valence-corrected chi connectivity index (χ3v) is 5.88. The molecule has 1 saturated heterocycles. The van der Waals surface area contributed by atoms with E-state index in [0.717, 1.165) is 47.3 Å². The number of piperidine rings is 1. The topological polar surface area (TPSA) is 81.6 Å². The van der Waals surface area contributed by atoms with Gasteiger partial charge in [0, 0.05) is 5.92 Å². The molecule has 1 aliphatic heterocycles. The van der Waals surface area contributed by atoms with Gasteiger partial charge in [0.1, 0.15) is 17.2 Å². The largest absolute Gasteiger partial charge is 0.496 e. The molecule has 1 fully saturated rings. The van der Waals surface area contributed by atoms with Gasteiger partial charge in [-0.3, -0.25) is 14.5 Å². The van der Waals surface area contributed by atoms with E-state index >= 15 is 0 Å². The molecule has 7 nitrogen and oxygen atoms in total. The lowest BCUT2D eigenvalue weighted by Crippen LogP contribution is -2.37. The standard InChI is InChI=1S/C20H25N3O4S/c1-3-27-18(25)12-15(24)13-23-10-8-14(9-11-23)19-21-22-20(28-19)16-6-4-5-7-17(16)26-2/h4-7,14H,3,8-13H2,1-2H3. The van der Waals surface area contributed by atoms with Crippen LogP contribution in [0.15, 0.2) is 24.3 Å². The van der Waals surface area contributed by atoms with Crippen LogP contribution < -0.4 is 4.74 Å². The molecule has 0 spiro atoms. The molecule has 0 radical (unpaired) electrons. The third kappa shape index (κ3) is 5.14. The van der Waals surface area contributed by atoms with Gasteiger partial charge in [0.05, 0.1) is 25.8 Å². The number of hydrogen-bond acceptors (Lipinski definition) is 8. The summed E-state index contributed by atoms with van der Waals surface area (Å²) in [6.07, 6.45) is 1.70. The Bertz CT molecular complexity index is 815. The molecule has 1 aromatic carbocycles. The number of ketones is 1. The van der Waals surface area contributed by atoms with E-state index in [9.17, 15) is 9.59 Å². The predicted molar refractivity (Wildman–Crippen MR) is 107 cm³/mol. The summed E-state index contributed by atoms with van der Waals surface area (Å²) in [5.74, 6) is 0.601. The molecule has 0 bridgehead atoms. The Balaban J connectivity index is 1.54. The highest BCUT2D eigenvalue weighted by Gasteiger charge is 2.26. The van der Waals surface area contributed by atoms with Gasteiger partial charge in [-0.1, -0.05) is 23.5 Å². The van der Waals surface area contributed by atoms with Crippen molar-refractivity contribution >= 4 is 23.1 Å². The second kappa shape index (κ2) is 9.75. The Morgan fingerprint density at radius 1 is 1.21 bits per heavy atom. The minimum Gasteiger partial charge on any atom is -0.496 e. The number of benzene rings is 1. The number of carbonyl (C=O) groups is 2. The Labute approximate surface area is 168 Å². The number of hydrogen-bond donors (Lipinski definition) is 0. The van der Waals surface area contributed by atoms with Crippen molar-refractivity contribution in [2.24, 2.45) is 0 Å². The van der Waals surface area contributed by atoms with Crippen LogP contribution in [-0.4, -0.2) is 60.2 Å². The molecule has 3 rings (SSSR count). The molecule has 150 valence electrons. The average molecular weight is 404 g/mol. The molecular weight excluding hydrogens is 378 g/mol. The van der Waals surface area contributed by atoms with Crippen LogP contribution in [0.25, 0.3) is 10.6 Å². The summed E-state index contributed by atoms with van der Waals surface area (Å²) >= 11 is 1.60. The van der Waals surface area contributed by atoms with Crippen molar-refractivity contribution in [3.05, 3.63) is 29.3 Å². The quantitative estimate of drug-likeness (QED) is 0.495. The molecule has 0 atom stereocenters. The Morgan fingerprint density at radius 2 is 1.96 bits per heavy atom. The van der Waals surface area contributed by atoms with Crippen molar-refractivity contribution in [1.82, 2.24) is 15.1 Å². The number of aromatic nitrogens is 2. The number of ether oxygens (including phenoxy) is 2. The molecule has 1 aromatic heterocycles. The monoisotopic (exact) mass is 403 g/mol. The van der Waals surface area contributed by atoms with Gasteiger partial charge in [0.25, 0.3) is 0 Å². The molecule has 0 N–H and O–H groups in total. The van der Waals surface area contributed by atoms with Crippen LogP contribution >= 0.6 is 11.3 Å². The number of Topliss-reactive ketones (excluding diaryl/α,β-unsaturated/α-hetero) is 1. The molecule has 2 aromatic rings. The van der Waals surface area contributed by atoms with Crippen molar-refractivity contribution in [3.8, 4) is 16.3 Å². The minimum atomic E-state index is -0.444. The predicted octanol–water partition coefficient (Wildman–Crippen LogP) is 2.92. The van der Waals surface area contributed by atoms with Crippen LogP contribution in [0.4, 0.5) is 0 Å². The Morgan fingerprint density at radius 3 is 2.68 bits per heavy atom. The van der Waals surface area contributed by atoms with Crippen molar-refractivity contribution in [2.75, 3.05) is 33.4 Å². The maximum atomic E-state index is 12.0. The van der Waals surface area contributed by atoms with E-state index in [1.807, 2.05) is 24.3 Å². The van der Waals surface area contributed by atoms with Crippen molar-refractivity contribution in [1.29, 1.82) is 0 Å². The fourth-order valence-corrected chi connectivity index (χ4v) is 4.39.